The smallest absolute Gasteiger partial charge is 0.242 e. The molecule has 0 bridgehead atoms. The highest BCUT2D eigenvalue weighted by atomic mass is 16.2. The van der Waals surface area contributed by atoms with Crippen molar-refractivity contribution in [1.29, 1.82) is 0 Å². The summed E-state index contributed by atoms with van der Waals surface area (Å²) in [4.78, 5) is 16.2. The van der Waals surface area contributed by atoms with Crippen molar-refractivity contribution in [2.75, 3.05) is 5.32 Å². The Hall–Kier alpha value is -2.64. The van der Waals surface area contributed by atoms with E-state index in [-0.39, 0.29) is 5.91 Å². The Balaban J connectivity index is 2.31. The molecule has 1 aromatic carbocycles. The minimum atomic E-state index is -0.578. The van der Waals surface area contributed by atoms with Crippen molar-refractivity contribution in [3.05, 3.63) is 59.3 Å². The lowest BCUT2D eigenvalue weighted by atomic mass is 10.1. The van der Waals surface area contributed by atoms with Gasteiger partial charge in [-0.15, -0.1) is 0 Å². The molecule has 0 aliphatic heterocycles. The van der Waals surface area contributed by atoms with E-state index in [0.717, 1.165) is 24.0 Å². The number of carbonyl (C=O) groups is 1. The van der Waals surface area contributed by atoms with E-state index in [0.29, 0.717) is 11.5 Å². The molecule has 118 valence electrons. The highest BCUT2D eigenvalue weighted by Crippen LogP contribution is 2.13. The molecular formula is C19H21N3O. The van der Waals surface area contributed by atoms with Crippen molar-refractivity contribution in [2.24, 2.45) is 5.73 Å². The van der Waals surface area contributed by atoms with E-state index in [1.165, 1.54) is 0 Å². The number of benzene rings is 1. The van der Waals surface area contributed by atoms with Crippen LogP contribution in [0.1, 0.15) is 37.1 Å². The Bertz CT molecular complexity index is 727. The molecular weight excluding hydrogens is 286 g/mol. The van der Waals surface area contributed by atoms with Crippen LogP contribution in [0.15, 0.2) is 42.5 Å². The third-order valence-electron chi connectivity index (χ3n) is 3.26. The minimum Gasteiger partial charge on any atom is -0.320 e. The average Bonchev–Trinajstić information content (AvgIpc) is 2.56. The summed E-state index contributed by atoms with van der Waals surface area (Å²) in [7, 11) is 0. The number of nitrogens with one attached hydrogen (secondary N) is 1. The lowest BCUT2D eigenvalue weighted by Gasteiger charge is -2.09. The molecule has 0 aliphatic rings. The Labute approximate surface area is 137 Å². The monoisotopic (exact) mass is 307 g/mol. The van der Waals surface area contributed by atoms with Crippen molar-refractivity contribution in [3.8, 4) is 11.8 Å². The third-order valence-corrected chi connectivity index (χ3v) is 3.26. The van der Waals surface area contributed by atoms with Crippen LogP contribution < -0.4 is 11.1 Å². The molecule has 0 saturated carbocycles. The Morgan fingerprint density at radius 1 is 1.22 bits per heavy atom. The molecule has 1 unspecified atom stereocenters. The first-order chi connectivity index (χ1) is 11.1. The van der Waals surface area contributed by atoms with Crippen LogP contribution in [-0.2, 0) is 11.2 Å². The minimum absolute atomic E-state index is 0.261. The van der Waals surface area contributed by atoms with Gasteiger partial charge in [-0.05, 0) is 43.0 Å². The van der Waals surface area contributed by atoms with Gasteiger partial charge < -0.3 is 11.1 Å². The molecule has 23 heavy (non-hydrogen) atoms. The second-order valence-corrected chi connectivity index (χ2v) is 5.35. The zero-order valence-corrected chi connectivity index (χ0v) is 13.5. The molecule has 2 rings (SSSR count). The van der Waals surface area contributed by atoms with Crippen LogP contribution in [0.25, 0.3) is 0 Å². The molecule has 0 aliphatic carbocycles. The summed E-state index contributed by atoms with van der Waals surface area (Å²) in [5.74, 6) is 6.44. The molecule has 0 fully saturated rings. The maximum absolute atomic E-state index is 11.7. The van der Waals surface area contributed by atoms with Gasteiger partial charge in [-0.2, -0.15) is 0 Å². The second-order valence-electron chi connectivity index (χ2n) is 5.35. The van der Waals surface area contributed by atoms with Crippen molar-refractivity contribution < 1.29 is 4.79 Å². The van der Waals surface area contributed by atoms with E-state index >= 15 is 0 Å². The molecule has 0 radical (unpaired) electrons. The van der Waals surface area contributed by atoms with Crippen LogP contribution in [0, 0.1) is 11.8 Å². The summed E-state index contributed by atoms with van der Waals surface area (Å²) in [6.07, 6.45) is 1.90. The summed E-state index contributed by atoms with van der Waals surface area (Å²) in [6.45, 7) is 3.75. The number of pyridine rings is 1. The van der Waals surface area contributed by atoms with Gasteiger partial charge in [0, 0.05) is 5.56 Å². The van der Waals surface area contributed by atoms with E-state index < -0.39 is 6.04 Å². The fraction of sp³-hybridized carbons (Fsp3) is 0.263. The highest BCUT2D eigenvalue weighted by Gasteiger charge is 2.10. The maximum Gasteiger partial charge on any atom is 0.242 e. The fourth-order valence-electron chi connectivity index (χ4n) is 2.03. The topological polar surface area (TPSA) is 68.0 Å². The zero-order chi connectivity index (χ0) is 16.7. The second kappa shape index (κ2) is 8.11. The number of hydrogen-bond acceptors (Lipinski definition) is 3. The standard InChI is InChI=1S/C19H21N3O/c1-3-7-16-11-13-18(22-19(23)14(2)20)21-17(16)12-10-15-8-5-4-6-9-15/h4-6,8-9,11,13-14H,3,7,20H2,1-2H3,(H,21,22,23). The lowest BCUT2D eigenvalue weighted by molar-refractivity contribution is -0.117. The van der Waals surface area contributed by atoms with Gasteiger partial charge in [-0.25, -0.2) is 4.98 Å². The summed E-state index contributed by atoms with van der Waals surface area (Å²) in [5, 5.41) is 2.71. The van der Waals surface area contributed by atoms with Crippen LogP contribution in [0.5, 0.6) is 0 Å². The van der Waals surface area contributed by atoms with Crippen molar-refractivity contribution in [2.45, 2.75) is 32.7 Å². The molecule has 1 amide bonds. The fourth-order valence-corrected chi connectivity index (χ4v) is 2.03. The van der Waals surface area contributed by atoms with Crippen LogP contribution >= 0.6 is 0 Å². The van der Waals surface area contributed by atoms with E-state index in [1.54, 1.807) is 13.0 Å². The number of nitrogens with zero attached hydrogens (tertiary/aromatic N) is 1. The predicted molar refractivity (Wildman–Crippen MR) is 92.9 cm³/mol. The number of rotatable bonds is 4. The van der Waals surface area contributed by atoms with Crippen LogP contribution in [-0.4, -0.2) is 16.9 Å². The number of aryl methyl sites for hydroxylation is 1. The Kier molecular flexibility index (Phi) is 5.90. The normalized spacial score (nSPS) is 11.3. The van der Waals surface area contributed by atoms with Gasteiger partial charge in [0.15, 0.2) is 0 Å². The Morgan fingerprint density at radius 2 is 1.96 bits per heavy atom. The van der Waals surface area contributed by atoms with Gasteiger partial charge >= 0.3 is 0 Å². The molecule has 1 aromatic heterocycles. The molecule has 3 N–H and O–H groups in total. The molecule has 4 heteroatoms. The van der Waals surface area contributed by atoms with Crippen LogP contribution in [0.4, 0.5) is 5.82 Å². The summed E-state index contributed by atoms with van der Waals surface area (Å²) >= 11 is 0. The van der Waals surface area contributed by atoms with Gasteiger partial charge in [0.05, 0.1) is 6.04 Å². The number of anilines is 1. The van der Waals surface area contributed by atoms with Crippen LogP contribution in [0.3, 0.4) is 0 Å². The number of carbonyl (C=O) groups excluding carboxylic acids is 1. The Morgan fingerprint density at radius 3 is 2.61 bits per heavy atom. The third kappa shape index (κ3) is 4.94. The SMILES string of the molecule is CCCc1ccc(NC(=O)C(C)N)nc1C#Cc1ccccc1. The van der Waals surface area contributed by atoms with Crippen molar-refractivity contribution in [3.63, 3.8) is 0 Å². The van der Waals surface area contributed by atoms with Crippen molar-refractivity contribution >= 4 is 11.7 Å². The summed E-state index contributed by atoms with van der Waals surface area (Å²) in [6, 6.07) is 12.9. The number of aromatic nitrogens is 1. The molecule has 4 nitrogen and oxygen atoms in total. The average molecular weight is 307 g/mol. The van der Waals surface area contributed by atoms with Gasteiger partial charge in [0.25, 0.3) is 0 Å². The van der Waals surface area contributed by atoms with Crippen LogP contribution in [0.2, 0.25) is 0 Å². The van der Waals surface area contributed by atoms with E-state index in [1.807, 2.05) is 36.4 Å². The van der Waals surface area contributed by atoms with E-state index in [4.69, 9.17) is 5.73 Å². The predicted octanol–water partition coefficient (Wildman–Crippen LogP) is 2.72. The number of hydrogen-bond donors (Lipinski definition) is 2. The van der Waals surface area contributed by atoms with Gasteiger partial charge in [0.1, 0.15) is 11.5 Å². The number of amides is 1. The number of nitrogens with two attached hydrogens (primary N) is 1. The first kappa shape index (κ1) is 16.7. The molecule has 2 aromatic rings. The zero-order valence-electron chi connectivity index (χ0n) is 13.5. The molecule has 1 atom stereocenters. The van der Waals surface area contributed by atoms with Gasteiger partial charge in [0.2, 0.25) is 5.91 Å². The van der Waals surface area contributed by atoms with Crippen molar-refractivity contribution in [1.82, 2.24) is 4.98 Å². The first-order valence-electron chi connectivity index (χ1n) is 7.73. The summed E-state index contributed by atoms with van der Waals surface area (Å²) < 4.78 is 0. The maximum atomic E-state index is 11.7. The molecule has 0 spiro atoms. The lowest BCUT2D eigenvalue weighted by Crippen LogP contribution is -2.32. The molecule has 0 saturated heterocycles. The van der Waals surface area contributed by atoms with Gasteiger partial charge in [-0.3, -0.25) is 4.79 Å². The largest absolute Gasteiger partial charge is 0.320 e. The first-order valence-corrected chi connectivity index (χ1v) is 7.73. The van der Waals surface area contributed by atoms with E-state index in [2.05, 4.69) is 29.1 Å². The van der Waals surface area contributed by atoms with Gasteiger partial charge in [-0.1, -0.05) is 43.5 Å². The summed E-state index contributed by atoms with van der Waals surface area (Å²) in [5.41, 5.74) is 8.27. The van der Waals surface area contributed by atoms with E-state index in [9.17, 15) is 4.79 Å². The quantitative estimate of drug-likeness (QED) is 0.853. The molecule has 1 heterocycles. The highest BCUT2D eigenvalue weighted by molar-refractivity contribution is 5.93.